The van der Waals surface area contributed by atoms with Gasteiger partial charge in [-0.25, -0.2) is 4.79 Å². The molecule has 0 aliphatic carbocycles. The van der Waals surface area contributed by atoms with E-state index in [0.717, 1.165) is 23.6 Å². The maximum absolute atomic E-state index is 11.1. The number of hydrogen-bond acceptors (Lipinski definition) is 5. The number of rotatable bonds is 6. The van der Waals surface area contributed by atoms with Gasteiger partial charge in [0.15, 0.2) is 6.04 Å². The number of unbranched alkanes of at least 4 members (excludes halogenated alkanes) is 1. The standard InChI is InChI=1S/C14H16N4O2/c1-2-3-8-12(14(19)20)16-18-13-11-7-5-4-6-10(11)9-15-17-13/h4-7,9,12H,2-3,8H2,1H3,(H,19,20). The fraction of sp³-hybridized carbons (Fsp3) is 0.357. The van der Waals surface area contributed by atoms with Crippen LogP contribution in [-0.4, -0.2) is 27.3 Å². The highest BCUT2D eigenvalue weighted by atomic mass is 16.4. The van der Waals surface area contributed by atoms with Crippen molar-refractivity contribution in [3.05, 3.63) is 30.5 Å². The Bertz CT molecular complexity index is 622. The van der Waals surface area contributed by atoms with E-state index in [9.17, 15) is 4.79 Å². The third kappa shape index (κ3) is 3.34. The van der Waals surface area contributed by atoms with Gasteiger partial charge in [-0.3, -0.25) is 0 Å². The molecule has 0 bridgehead atoms. The lowest BCUT2D eigenvalue weighted by molar-refractivity contribution is -0.138. The first-order valence-corrected chi connectivity index (χ1v) is 6.56. The van der Waals surface area contributed by atoms with E-state index >= 15 is 0 Å². The van der Waals surface area contributed by atoms with Gasteiger partial charge in [0.25, 0.3) is 0 Å². The molecule has 0 spiro atoms. The van der Waals surface area contributed by atoms with Crippen molar-refractivity contribution in [1.82, 2.24) is 10.2 Å². The second-order valence-corrected chi connectivity index (χ2v) is 4.47. The summed E-state index contributed by atoms with van der Waals surface area (Å²) < 4.78 is 0. The molecular weight excluding hydrogens is 256 g/mol. The Kier molecular flexibility index (Phi) is 4.70. The molecule has 6 heteroatoms. The van der Waals surface area contributed by atoms with Gasteiger partial charge in [0.2, 0.25) is 5.82 Å². The van der Waals surface area contributed by atoms with Gasteiger partial charge in [0, 0.05) is 10.8 Å². The Labute approximate surface area is 116 Å². The number of aliphatic carboxylic acids is 1. The van der Waals surface area contributed by atoms with Crippen LogP contribution in [0.25, 0.3) is 10.8 Å². The number of carbonyl (C=O) groups is 1. The van der Waals surface area contributed by atoms with Crippen LogP contribution in [0, 0.1) is 0 Å². The van der Waals surface area contributed by atoms with Crippen LogP contribution >= 0.6 is 0 Å². The minimum Gasteiger partial charge on any atom is -0.480 e. The smallest absolute Gasteiger partial charge is 0.330 e. The van der Waals surface area contributed by atoms with Crippen LogP contribution in [0.4, 0.5) is 5.82 Å². The lowest BCUT2D eigenvalue weighted by Crippen LogP contribution is -2.16. The Morgan fingerprint density at radius 2 is 2.20 bits per heavy atom. The first-order valence-electron chi connectivity index (χ1n) is 6.56. The SMILES string of the molecule is CCCCC(N=Nc1nncc2ccccc12)C(=O)O. The third-order valence-corrected chi connectivity index (χ3v) is 2.96. The predicted molar refractivity (Wildman–Crippen MR) is 75.0 cm³/mol. The Balaban J connectivity index is 2.25. The number of fused-ring (bicyclic) bond motifs is 1. The van der Waals surface area contributed by atoms with Crippen molar-refractivity contribution in [3.8, 4) is 0 Å². The topological polar surface area (TPSA) is 87.8 Å². The van der Waals surface area contributed by atoms with Crippen molar-refractivity contribution in [3.63, 3.8) is 0 Å². The second kappa shape index (κ2) is 6.70. The molecule has 1 heterocycles. The van der Waals surface area contributed by atoms with Crippen molar-refractivity contribution >= 4 is 22.6 Å². The Morgan fingerprint density at radius 3 is 2.95 bits per heavy atom. The van der Waals surface area contributed by atoms with Crippen molar-refractivity contribution in [2.24, 2.45) is 10.2 Å². The quantitative estimate of drug-likeness (QED) is 0.817. The molecule has 1 unspecified atom stereocenters. The van der Waals surface area contributed by atoms with Crippen molar-refractivity contribution in [2.75, 3.05) is 0 Å². The van der Waals surface area contributed by atoms with Gasteiger partial charge < -0.3 is 5.11 Å². The molecule has 1 N–H and O–H groups in total. The van der Waals surface area contributed by atoms with Crippen molar-refractivity contribution in [1.29, 1.82) is 0 Å². The van der Waals surface area contributed by atoms with E-state index in [1.54, 1.807) is 6.20 Å². The summed E-state index contributed by atoms with van der Waals surface area (Å²) in [6, 6.07) is 6.70. The van der Waals surface area contributed by atoms with Gasteiger partial charge in [-0.1, -0.05) is 44.0 Å². The summed E-state index contributed by atoms with van der Waals surface area (Å²) in [6.45, 7) is 2.01. The lowest BCUT2D eigenvalue weighted by atomic mass is 10.1. The number of benzene rings is 1. The molecule has 0 aliphatic rings. The first kappa shape index (κ1) is 14.0. The number of carboxylic acid groups (broad SMARTS) is 1. The van der Waals surface area contributed by atoms with Gasteiger partial charge in [0.05, 0.1) is 6.20 Å². The maximum Gasteiger partial charge on any atom is 0.330 e. The van der Waals surface area contributed by atoms with Gasteiger partial charge >= 0.3 is 5.97 Å². The van der Waals surface area contributed by atoms with Gasteiger partial charge in [0.1, 0.15) is 0 Å². The van der Waals surface area contributed by atoms with Crippen LogP contribution in [0.5, 0.6) is 0 Å². The molecule has 0 saturated carbocycles. The van der Waals surface area contributed by atoms with Crippen LogP contribution < -0.4 is 0 Å². The van der Waals surface area contributed by atoms with Crippen LogP contribution in [0.3, 0.4) is 0 Å². The predicted octanol–water partition coefficient (Wildman–Crippen LogP) is 3.36. The molecule has 1 atom stereocenters. The van der Waals surface area contributed by atoms with Gasteiger partial charge in [-0.05, 0) is 6.42 Å². The van der Waals surface area contributed by atoms with Crippen LogP contribution in [-0.2, 0) is 4.79 Å². The summed E-state index contributed by atoms with van der Waals surface area (Å²) in [5.74, 6) is -0.610. The summed E-state index contributed by atoms with van der Waals surface area (Å²) >= 11 is 0. The summed E-state index contributed by atoms with van der Waals surface area (Å²) in [5, 5.41) is 26.5. The number of hydrogen-bond donors (Lipinski definition) is 1. The maximum atomic E-state index is 11.1. The van der Waals surface area contributed by atoms with E-state index in [0.29, 0.717) is 12.2 Å². The van der Waals surface area contributed by atoms with E-state index in [-0.39, 0.29) is 0 Å². The molecule has 6 nitrogen and oxygen atoms in total. The number of aromatic nitrogens is 2. The minimum atomic E-state index is -0.963. The molecule has 0 fully saturated rings. The Morgan fingerprint density at radius 1 is 1.40 bits per heavy atom. The number of nitrogens with zero attached hydrogens (tertiary/aromatic N) is 4. The highest BCUT2D eigenvalue weighted by Gasteiger charge is 2.15. The lowest BCUT2D eigenvalue weighted by Gasteiger charge is -2.04. The molecule has 1 aromatic carbocycles. The first-order chi connectivity index (χ1) is 9.72. The van der Waals surface area contributed by atoms with Gasteiger partial charge in [-0.15, -0.1) is 10.2 Å². The monoisotopic (exact) mass is 272 g/mol. The zero-order chi connectivity index (χ0) is 14.4. The molecule has 2 rings (SSSR count). The van der Waals surface area contributed by atoms with Crippen molar-refractivity contribution in [2.45, 2.75) is 32.2 Å². The Hall–Kier alpha value is -2.37. The molecule has 1 aromatic heterocycles. The highest BCUT2D eigenvalue weighted by Crippen LogP contribution is 2.22. The van der Waals surface area contributed by atoms with Crippen LogP contribution in [0.2, 0.25) is 0 Å². The molecule has 2 aromatic rings. The van der Waals surface area contributed by atoms with E-state index < -0.39 is 12.0 Å². The molecular formula is C14H16N4O2. The largest absolute Gasteiger partial charge is 0.480 e. The van der Waals surface area contributed by atoms with Gasteiger partial charge in [-0.2, -0.15) is 10.2 Å². The minimum absolute atomic E-state index is 0.353. The van der Waals surface area contributed by atoms with Crippen LogP contribution in [0.1, 0.15) is 26.2 Å². The molecule has 0 amide bonds. The molecule has 104 valence electrons. The third-order valence-electron chi connectivity index (χ3n) is 2.96. The van der Waals surface area contributed by atoms with E-state index in [1.807, 2.05) is 31.2 Å². The highest BCUT2D eigenvalue weighted by molar-refractivity contribution is 5.89. The number of azo groups is 1. The average molecular weight is 272 g/mol. The summed E-state index contributed by atoms with van der Waals surface area (Å²) in [6.07, 6.45) is 3.85. The van der Waals surface area contributed by atoms with E-state index in [4.69, 9.17) is 5.11 Å². The summed E-state index contributed by atoms with van der Waals surface area (Å²) in [4.78, 5) is 11.1. The fourth-order valence-electron chi connectivity index (χ4n) is 1.84. The van der Waals surface area contributed by atoms with Crippen molar-refractivity contribution < 1.29 is 9.90 Å². The number of carboxylic acids is 1. The average Bonchev–Trinajstić information content (AvgIpc) is 2.47. The van der Waals surface area contributed by atoms with E-state index in [1.165, 1.54) is 0 Å². The summed E-state index contributed by atoms with van der Waals surface area (Å²) in [5.41, 5.74) is 0. The fourth-order valence-corrected chi connectivity index (χ4v) is 1.84. The normalized spacial score (nSPS) is 12.8. The zero-order valence-electron chi connectivity index (χ0n) is 11.2. The second-order valence-electron chi connectivity index (χ2n) is 4.47. The molecule has 20 heavy (non-hydrogen) atoms. The van der Waals surface area contributed by atoms with Crippen LogP contribution in [0.15, 0.2) is 40.7 Å². The molecule has 0 radical (unpaired) electrons. The van der Waals surface area contributed by atoms with E-state index in [2.05, 4.69) is 20.4 Å². The molecule has 0 aliphatic heterocycles. The zero-order valence-corrected chi connectivity index (χ0v) is 11.2. The summed E-state index contributed by atoms with van der Waals surface area (Å²) in [7, 11) is 0. The molecule has 0 saturated heterocycles.